The van der Waals surface area contributed by atoms with E-state index in [1.807, 2.05) is 24.3 Å². The van der Waals surface area contributed by atoms with Gasteiger partial charge in [-0.2, -0.15) is 0 Å². The van der Waals surface area contributed by atoms with Crippen LogP contribution in [0.25, 0.3) is 0 Å². The summed E-state index contributed by atoms with van der Waals surface area (Å²) in [5.74, 6) is 0.331. The highest BCUT2D eigenvalue weighted by Crippen LogP contribution is 2.28. The van der Waals surface area contributed by atoms with Crippen molar-refractivity contribution in [2.75, 3.05) is 17.6 Å². The van der Waals surface area contributed by atoms with Crippen molar-refractivity contribution < 1.29 is 13.2 Å². The van der Waals surface area contributed by atoms with Gasteiger partial charge in [0.05, 0.1) is 4.90 Å². The topological polar surface area (TPSA) is 101 Å². The van der Waals surface area contributed by atoms with Crippen molar-refractivity contribution in [2.24, 2.45) is 5.92 Å². The number of hydrogen-bond acceptors (Lipinski definition) is 4. The van der Waals surface area contributed by atoms with Gasteiger partial charge in [0.15, 0.2) is 0 Å². The smallest absolute Gasteiger partial charge is 0.240 e. The van der Waals surface area contributed by atoms with Gasteiger partial charge in [0.1, 0.15) is 0 Å². The van der Waals surface area contributed by atoms with Crippen LogP contribution in [0.5, 0.6) is 0 Å². The van der Waals surface area contributed by atoms with Gasteiger partial charge >= 0.3 is 0 Å². The molecule has 0 unspecified atom stereocenters. The zero-order valence-corrected chi connectivity index (χ0v) is 16.5. The van der Waals surface area contributed by atoms with Gasteiger partial charge in [-0.25, -0.2) is 13.1 Å². The number of anilines is 2. The Balaban J connectivity index is 0.00000261. The normalized spacial score (nSPS) is 13.6. The molecule has 8 heteroatoms. The first kappa shape index (κ1) is 21.2. The van der Waals surface area contributed by atoms with E-state index in [2.05, 4.69) is 10.0 Å². The number of nitrogens with two attached hydrogens (primary N) is 1. The van der Waals surface area contributed by atoms with Crippen molar-refractivity contribution in [1.29, 1.82) is 0 Å². The fourth-order valence-electron chi connectivity index (χ4n) is 2.58. The van der Waals surface area contributed by atoms with E-state index in [4.69, 9.17) is 5.73 Å². The number of nitrogen functional groups attached to an aromatic ring is 1. The summed E-state index contributed by atoms with van der Waals surface area (Å²) < 4.78 is 27.0. The SMILES string of the molecule is Cl.Nc1ccccc1CCC(=O)Nc1ccc(S(=O)(=O)NCC2CC2)cc1. The number of sulfonamides is 1. The zero-order chi connectivity index (χ0) is 18.6. The molecule has 27 heavy (non-hydrogen) atoms. The van der Waals surface area contributed by atoms with E-state index < -0.39 is 10.0 Å². The number of rotatable bonds is 8. The van der Waals surface area contributed by atoms with Gasteiger partial charge in [0.2, 0.25) is 15.9 Å². The summed E-state index contributed by atoms with van der Waals surface area (Å²) in [4.78, 5) is 12.3. The van der Waals surface area contributed by atoms with Gasteiger partial charge in [-0.05, 0) is 61.1 Å². The number of hydrogen-bond donors (Lipinski definition) is 3. The van der Waals surface area contributed by atoms with Gasteiger partial charge < -0.3 is 11.1 Å². The van der Waals surface area contributed by atoms with Gasteiger partial charge in [-0.1, -0.05) is 18.2 Å². The lowest BCUT2D eigenvalue weighted by Crippen LogP contribution is -2.25. The third-order valence-corrected chi connectivity index (χ3v) is 5.82. The molecule has 1 aliphatic carbocycles. The largest absolute Gasteiger partial charge is 0.399 e. The average molecular weight is 410 g/mol. The van der Waals surface area contributed by atoms with Crippen LogP contribution in [0.2, 0.25) is 0 Å². The second kappa shape index (κ2) is 9.21. The Morgan fingerprint density at radius 1 is 1.07 bits per heavy atom. The van der Waals surface area contributed by atoms with E-state index in [1.165, 1.54) is 12.1 Å². The molecule has 4 N–H and O–H groups in total. The molecule has 0 bridgehead atoms. The molecule has 0 spiro atoms. The lowest BCUT2D eigenvalue weighted by Gasteiger charge is -2.09. The molecule has 0 radical (unpaired) electrons. The Kier molecular flexibility index (Phi) is 7.24. The molecule has 0 atom stereocenters. The Labute approximate surface area is 166 Å². The molecule has 146 valence electrons. The van der Waals surface area contributed by atoms with E-state index in [0.717, 1.165) is 18.4 Å². The monoisotopic (exact) mass is 409 g/mol. The van der Waals surface area contributed by atoms with E-state index in [0.29, 0.717) is 36.7 Å². The third-order valence-electron chi connectivity index (χ3n) is 4.38. The van der Waals surface area contributed by atoms with Gasteiger partial charge in [-0.15, -0.1) is 12.4 Å². The Morgan fingerprint density at radius 3 is 2.37 bits per heavy atom. The maximum Gasteiger partial charge on any atom is 0.240 e. The quantitative estimate of drug-likeness (QED) is 0.583. The van der Waals surface area contributed by atoms with Crippen LogP contribution in [0.3, 0.4) is 0 Å². The maximum atomic E-state index is 12.2. The van der Waals surface area contributed by atoms with Crippen LogP contribution in [0.4, 0.5) is 11.4 Å². The van der Waals surface area contributed by atoms with Crippen LogP contribution in [0, 0.1) is 5.92 Å². The molecule has 0 aliphatic heterocycles. The summed E-state index contributed by atoms with van der Waals surface area (Å²) in [7, 11) is -3.49. The number of nitrogens with one attached hydrogen (secondary N) is 2. The van der Waals surface area contributed by atoms with E-state index in [1.54, 1.807) is 12.1 Å². The van der Waals surface area contributed by atoms with Crippen molar-refractivity contribution in [1.82, 2.24) is 4.72 Å². The highest BCUT2D eigenvalue weighted by atomic mass is 35.5. The molecule has 1 aliphatic rings. The molecule has 6 nitrogen and oxygen atoms in total. The number of aryl methyl sites for hydroxylation is 1. The summed E-state index contributed by atoms with van der Waals surface area (Å²) in [5, 5.41) is 2.78. The number of carbonyl (C=O) groups is 1. The van der Waals surface area contributed by atoms with Crippen LogP contribution in [0.1, 0.15) is 24.8 Å². The molecule has 0 heterocycles. The van der Waals surface area contributed by atoms with Crippen molar-refractivity contribution in [2.45, 2.75) is 30.6 Å². The van der Waals surface area contributed by atoms with E-state index >= 15 is 0 Å². The second-order valence-electron chi connectivity index (χ2n) is 6.57. The molecular weight excluding hydrogens is 386 g/mol. The first-order valence-electron chi connectivity index (χ1n) is 8.67. The summed E-state index contributed by atoms with van der Waals surface area (Å²) in [6.07, 6.45) is 3.03. The molecule has 2 aromatic rings. The summed E-state index contributed by atoms with van der Waals surface area (Å²) in [5.41, 5.74) is 8.05. The Hall–Kier alpha value is -2.09. The number of halogens is 1. The zero-order valence-electron chi connectivity index (χ0n) is 14.9. The summed E-state index contributed by atoms with van der Waals surface area (Å²) >= 11 is 0. The number of benzene rings is 2. The van der Waals surface area contributed by atoms with Gasteiger partial charge in [0, 0.05) is 24.3 Å². The number of para-hydroxylation sites is 1. The maximum absolute atomic E-state index is 12.2. The van der Waals surface area contributed by atoms with Crippen LogP contribution in [-0.4, -0.2) is 20.9 Å². The molecule has 1 fully saturated rings. The van der Waals surface area contributed by atoms with Crippen LogP contribution in [-0.2, 0) is 21.2 Å². The Bertz CT molecular complexity index is 881. The van der Waals surface area contributed by atoms with Gasteiger partial charge in [0.25, 0.3) is 0 Å². The summed E-state index contributed by atoms with van der Waals surface area (Å²) in [6.45, 7) is 0.490. The van der Waals surface area contributed by atoms with Crippen molar-refractivity contribution in [3.05, 3.63) is 54.1 Å². The van der Waals surface area contributed by atoms with Crippen LogP contribution >= 0.6 is 12.4 Å². The first-order valence-corrected chi connectivity index (χ1v) is 10.2. The van der Waals surface area contributed by atoms with E-state index in [-0.39, 0.29) is 23.2 Å². The minimum atomic E-state index is -3.49. The fraction of sp³-hybridized carbons (Fsp3) is 0.316. The predicted molar refractivity (Wildman–Crippen MR) is 109 cm³/mol. The average Bonchev–Trinajstić information content (AvgIpc) is 3.44. The van der Waals surface area contributed by atoms with Gasteiger partial charge in [-0.3, -0.25) is 4.79 Å². The van der Waals surface area contributed by atoms with Crippen molar-refractivity contribution in [3.63, 3.8) is 0 Å². The van der Waals surface area contributed by atoms with Crippen LogP contribution < -0.4 is 15.8 Å². The molecule has 0 aromatic heterocycles. The molecule has 1 saturated carbocycles. The Morgan fingerprint density at radius 2 is 1.74 bits per heavy atom. The highest BCUT2D eigenvalue weighted by Gasteiger charge is 2.24. The van der Waals surface area contributed by atoms with Crippen molar-refractivity contribution >= 4 is 39.7 Å². The fourth-order valence-corrected chi connectivity index (χ4v) is 3.70. The highest BCUT2D eigenvalue weighted by molar-refractivity contribution is 7.89. The minimum Gasteiger partial charge on any atom is -0.399 e. The second-order valence-corrected chi connectivity index (χ2v) is 8.33. The molecular formula is C19H24ClN3O3S. The molecule has 1 amide bonds. The minimum absolute atomic E-state index is 0. The number of carbonyl (C=O) groups excluding carboxylic acids is 1. The molecule has 0 saturated heterocycles. The lowest BCUT2D eigenvalue weighted by atomic mass is 10.1. The molecule has 3 rings (SSSR count). The molecule has 2 aromatic carbocycles. The standard InChI is InChI=1S/C19H23N3O3S.ClH/c20-18-4-2-1-3-15(18)7-12-19(23)22-16-8-10-17(11-9-16)26(24,25)21-13-14-5-6-14;/h1-4,8-11,14,21H,5-7,12-13,20H2,(H,22,23);1H. The van der Waals surface area contributed by atoms with Crippen LogP contribution in [0.15, 0.2) is 53.4 Å². The lowest BCUT2D eigenvalue weighted by molar-refractivity contribution is -0.116. The van der Waals surface area contributed by atoms with E-state index in [9.17, 15) is 13.2 Å². The third kappa shape index (κ3) is 6.23. The summed E-state index contributed by atoms with van der Waals surface area (Å²) in [6, 6.07) is 13.6. The number of amides is 1. The first-order chi connectivity index (χ1) is 12.4. The van der Waals surface area contributed by atoms with Crippen molar-refractivity contribution in [3.8, 4) is 0 Å². The predicted octanol–water partition coefficient (Wildman–Crippen LogP) is 2.95.